The van der Waals surface area contributed by atoms with Crippen LogP contribution in [0, 0.1) is 12.7 Å². The van der Waals surface area contributed by atoms with Crippen LogP contribution in [0.15, 0.2) is 64.1 Å². The molecule has 0 aliphatic carbocycles. The Morgan fingerprint density at radius 2 is 2.07 bits per heavy atom. The van der Waals surface area contributed by atoms with Crippen molar-refractivity contribution >= 4 is 28.8 Å². The lowest BCUT2D eigenvalue weighted by Crippen LogP contribution is -2.28. The summed E-state index contributed by atoms with van der Waals surface area (Å²) in [5.74, 6) is -1.91. The number of furan rings is 1. The molecule has 7 heteroatoms. The van der Waals surface area contributed by atoms with Gasteiger partial charge in [0.15, 0.2) is 0 Å². The summed E-state index contributed by atoms with van der Waals surface area (Å²) in [4.78, 5) is 27.6. The lowest BCUT2D eigenvalue weighted by Gasteiger charge is -2.23. The molecule has 1 unspecified atom stereocenters. The third-order valence-corrected chi connectivity index (χ3v) is 5.63. The predicted octanol–water partition coefficient (Wildman–Crippen LogP) is 4.41. The standard InChI is InChI=1S/C21H16FNO4S/c1-12-6-7-13(10-15(12)22)19(24)17-18(16-5-3-9-28-16)23(21(26)20(17)25)11-14-4-2-8-27-14/h2-10,18,24H,11H2,1H3/b19-17+. The van der Waals surface area contributed by atoms with Crippen LogP contribution in [0.1, 0.15) is 27.8 Å². The molecule has 1 amide bonds. The number of carbonyl (C=O) groups is 2. The second kappa shape index (κ2) is 7.09. The van der Waals surface area contributed by atoms with E-state index < -0.39 is 29.3 Å². The summed E-state index contributed by atoms with van der Waals surface area (Å²) < 4.78 is 19.3. The number of hydrogen-bond donors (Lipinski definition) is 1. The highest BCUT2D eigenvalue weighted by Crippen LogP contribution is 2.41. The molecule has 1 atom stereocenters. The third kappa shape index (κ3) is 3.03. The van der Waals surface area contributed by atoms with Crippen molar-refractivity contribution in [2.24, 2.45) is 0 Å². The van der Waals surface area contributed by atoms with Gasteiger partial charge in [-0.1, -0.05) is 18.2 Å². The van der Waals surface area contributed by atoms with Gasteiger partial charge in [0.2, 0.25) is 0 Å². The summed E-state index contributed by atoms with van der Waals surface area (Å²) in [6.07, 6.45) is 1.49. The molecule has 4 rings (SSSR count). The third-order valence-electron chi connectivity index (χ3n) is 4.70. The average Bonchev–Trinajstić information content (AvgIpc) is 3.42. The fourth-order valence-corrected chi connectivity index (χ4v) is 4.10. The maximum absolute atomic E-state index is 14.0. The predicted molar refractivity (Wildman–Crippen MR) is 102 cm³/mol. The second-order valence-electron chi connectivity index (χ2n) is 6.49. The number of benzene rings is 1. The van der Waals surface area contributed by atoms with Gasteiger partial charge in [-0.15, -0.1) is 11.3 Å². The first-order chi connectivity index (χ1) is 13.5. The number of nitrogens with zero attached hydrogens (tertiary/aromatic N) is 1. The minimum absolute atomic E-state index is 0.0535. The lowest BCUT2D eigenvalue weighted by atomic mass is 9.99. The van der Waals surface area contributed by atoms with Crippen molar-refractivity contribution in [2.45, 2.75) is 19.5 Å². The van der Waals surface area contributed by atoms with Crippen molar-refractivity contribution in [2.75, 3.05) is 0 Å². The first kappa shape index (κ1) is 18.2. The van der Waals surface area contributed by atoms with Crippen molar-refractivity contribution in [3.8, 4) is 0 Å². The molecule has 28 heavy (non-hydrogen) atoms. The Kier molecular flexibility index (Phi) is 4.60. The largest absolute Gasteiger partial charge is 0.507 e. The number of hydrogen-bond acceptors (Lipinski definition) is 5. The maximum atomic E-state index is 14.0. The molecule has 2 aromatic heterocycles. The number of halogens is 1. The molecule has 0 radical (unpaired) electrons. The number of carbonyl (C=O) groups excluding carboxylic acids is 2. The van der Waals surface area contributed by atoms with Gasteiger partial charge in [-0.25, -0.2) is 4.39 Å². The summed E-state index contributed by atoms with van der Waals surface area (Å²) in [7, 11) is 0. The number of thiophene rings is 1. The number of aliphatic hydroxyl groups is 1. The van der Waals surface area contributed by atoms with E-state index in [1.54, 1.807) is 31.2 Å². The van der Waals surface area contributed by atoms with Gasteiger partial charge in [0.25, 0.3) is 11.7 Å². The van der Waals surface area contributed by atoms with Crippen molar-refractivity contribution in [3.63, 3.8) is 0 Å². The van der Waals surface area contributed by atoms with Gasteiger partial charge in [0.1, 0.15) is 23.4 Å². The summed E-state index contributed by atoms with van der Waals surface area (Å²) in [6, 6.07) is 10.4. The van der Waals surface area contributed by atoms with Gasteiger partial charge in [0.05, 0.1) is 18.4 Å². The minimum Gasteiger partial charge on any atom is -0.507 e. The Hall–Kier alpha value is -3.19. The van der Waals surface area contributed by atoms with Gasteiger partial charge in [-0.3, -0.25) is 9.59 Å². The van der Waals surface area contributed by atoms with Crippen molar-refractivity contribution in [3.05, 3.63) is 87.3 Å². The molecular weight excluding hydrogens is 381 g/mol. The maximum Gasteiger partial charge on any atom is 0.296 e. The molecule has 1 aliphatic rings. The lowest BCUT2D eigenvalue weighted by molar-refractivity contribution is -0.140. The highest BCUT2D eigenvalue weighted by Gasteiger charge is 2.46. The Morgan fingerprint density at radius 3 is 2.71 bits per heavy atom. The van der Waals surface area contributed by atoms with Crippen LogP contribution < -0.4 is 0 Å². The molecule has 5 nitrogen and oxygen atoms in total. The number of rotatable bonds is 4. The van der Waals surface area contributed by atoms with Crippen molar-refractivity contribution < 1.29 is 23.5 Å². The van der Waals surface area contributed by atoms with Crippen molar-refractivity contribution in [1.29, 1.82) is 0 Å². The molecule has 1 N–H and O–H groups in total. The smallest absolute Gasteiger partial charge is 0.296 e. The summed E-state index contributed by atoms with van der Waals surface area (Å²) >= 11 is 1.37. The molecule has 1 saturated heterocycles. The zero-order chi connectivity index (χ0) is 19.8. The molecule has 0 bridgehead atoms. The fraction of sp³-hybridized carbons (Fsp3) is 0.143. The molecule has 1 aliphatic heterocycles. The quantitative estimate of drug-likeness (QED) is 0.402. The van der Waals surface area contributed by atoms with E-state index >= 15 is 0 Å². The van der Waals surface area contributed by atoms with Gasteiger partial charge in [-0.2, -0.15) is 0 Å². The minimum atomic E-state index is -0.802. The molecule has 1 fully saturated rings. The molecule has 3 aromatic rings. The van der Waals surface area contributed by atoms with Crippen LogP contribution in [0.25, 0.3) is 5.76 Å². The van der Waals surface area contributed by atoms with E-state index in [1.165, 1.54) is 34.6 Å². The van der Waals surface area contributed by atoms with E-state index in [9.17, 15) is 19.1 Å². The molecular formula is C21H16FNO4S. The molecule has 0 spiro atoms. The van der Waals surface area contributed by atoms with Crippen LogP contribution in [0.3, 0.4) is 0 Å². The number of likely N-dealkylation sites (tertiary alicyclic amines) is 1. The topological polar surface area (TPSA) is 70.8 Å². The van der Waals surface area contributed by atoms with Crippen LogP contribution in [-0.4, -0.2) is 21.7 Å². The first-order valence-corrected chi connectivity index (χ1v) is 9.46. The number of Topliss-reactive ketones (excluding diaryl/α,β-unsaturated/α-hetero) is 1. The van der Waals surface area contributed by atoms with E-state index in [0.717, 1.165) is 10.9 Å². The molecule has 1 aromatic carbocycles. The monoisotopic (exact) mass is 397 g/mol. The zero-order valence-electron chi connectivity index (χ0n) is 14.9. The normalized spacial score (nSPS) is 18.8. The van der Waals surface area contributed by atoms with E-state index in [1.807, 2.05) is 5.38 Å². The van der Waals surface area contributed by atoms with E-state index in [0.29, 0.717) is 11.3 Å². The van der Waals surface area contributed by atoms with E-state index in [2.05, 4.69) is 0 Å². The average molecular weight is 397 g/mol. The zero-order valence-corrected chi connectivity index (χ0v) is 15.7. The Bertz CT molecular complexity index is 1070. The highest BCUT2D eigenvalue weighted by molar-refractivity contribution is 7.10. The second-order valence-corrected chi connectivity index (χ2v) is 7.47. The summed E-state index contributed by atoms with van der Waals surface area (Å²) in [5, 5.41) is 12.7. The summed E-state index contributed by atoms with van der Waals surface area (Å²) in [5.41, 5.74) is 0.521. The van der Waals surface area contributed by atoms with Crippen LogP contribution in [-0.2, 0) is 16.1 Å². The van der Waals surface area contributed by atoms with Crippen LogP contribution in [0.4, 0.5) is 4.39 Å². The van der Waals surface area contributed by atoms with Gasteiger partial charge < -0.3 is 14.4 Å². The molecule has 3 heterocycles. The molecule has 0 saturated carbocycles. The Labute approximate surface area is 164 Å². The number of aryl methyl sites for hydroxylation is 1. The highest BCUT2D eigenvalue weighted by atomic mass is 32.1. The summed E-state index contributed by atoms with van der Waals surface area (Å²) in [6.45, 7) is 1.69. The van der Waals surface area contributed by atoms with Crippen LogP contribution in [0.2, 0.25) is 0 Å². The van der Waals surface area contributed by atoms with Crippen LogP contribution in [0.5, 0.6) is 0 Å². The van der Waals surface area contributed by atoms with Crippen molar-refractivity contribution in [1.82, 2.24) is 4.90 Å². The van der Waals surface area contributed by atoms with Gasteiger partial charge in [-0.05, 0) is 42.1 Å². The number of ketones is 1. The Morgan fingerprint density at radius 1 is 1.25 bits per heavy atom. The van der Waals surface area contributed by atoms with E-state index in [4.69, 9.17) is 4.42 Å². The molecule has 142 valence electrons. The van der Waals surface area contributed by atoms with Gasteiger partial charge in [0, 0.05) is 10.4 Å². The first-order valence-electron chi connectivity index (χ1n) is 8.58. The SMILES string of the molecule is Cc1ccc(/C(O)=C2\C(=O)C(=O)N(Cc3ccco3)C2c2cccs2)cc1F. The van der Waals surface area contributed by atoms with Crippen LogP contribution >= 0.6 is 11.3 Å². The van der Waals surface area contributed by atoms with Gasteiger partial charge >= 0.3 is 0 Å². The van der Waals surface area contributed by atoms with E-state index in [-0.39, 0.29) is 17.7 Å². The fourth-order valence-electron chi connectivity index (χ4n) is 3.25. The Balaban J connectivity index is 1.85. The number of aliphatic hydroxyl groups excluding tert-OH is 1. The number of amides is 1.